The van der Waals surface area contributed by atoms with Crippen molar-refractivity contribution in [3.8, 4) is 0 Å². The van der Waals surface area contributed by atoms with E-state index in [1.807, 2.05) is 6.92 Å². The summed E-state index contributed by atoms with van der Waals surface area (Å²) in [5.41, 5.74) is 1.74. The summed E-state index contributed by atoms with van der Waals surface area (Å²) < 4.78 is 0. The first kappa shape index (κ1) is 11.3. The number of allylic oxidation sites excluding steroid dienone is 2. The Morgan fingerprint density at radius 3 is 2.57 bits per heavy atom. The van der Waals surface area contributed by atoms with Crippen LogP contribution in [0.5, 0.6) is 0 Å². The van der Waals surface area contributed by atoms with Gasteiger partial charge in [0.1, 0.15) is 0 Å². The monoisotopic (exact) mass is 196 g/mol. The number of hydrogen-bond donors (Lipinski definition) is 1. The van der Waals surface area contributed by atoms with E-state index in [0.29, 0.717) is 6.42 Å². The van der Waals surface area contributed by atoms with Crippen LogP contribution in [-0.2, 0) is 4.79 Å². The summed E-state index contributed by atoms with van der Waals surface area (Å²) in [5, 5.41) is 8.04. The first-order valence-electron chi connectivity index (χ1n) is 5.62. The molecule has 2 aliphatic rings. The molecule has 80 valence electrons. The van der Waals surface area contributed by atoms with Gasteiger partial charge >= 0.3 is 5.97 Å². The van der Waals surface area contributed by atoms with Crippen LogP contribution in [0.15, 0.2) is 11.6 Å². The summed E-state index contributed by atoms with van der Waals surface area (Å²) in [5.74, 6) is 0.386. The minimum Gasteiger partial charge on any atom is -0.481 e. The van der Waals surface area contributed by atoms with E-state index < -0.39 is 5.97 Å². The SMILES string of the molecule is C1=C2CCC(C1)C2.CCCCC(=O)O. The minimum absolute atomic E-state index is 0.316. The second kappa shape index (κ2) is 5.84. The quantitative estimate of drug-likeness (QED) is 0.702. The highest BCUT2D eigenvalue weighted by molar-refractivity contribution is 5.66. The zero-order valence-corrected chi connectivity index (χ0v) is 8.96. The van der Waals surface area contributed by atoms with E-state index in [2.05, 4.69) is 6.08 Å². The summed E-state index contributed by atoms with van der Waals surface area (Å²) in [6, 6.07) is 0. The van der Waals surface area contributed by atoms with Gasteiger partial charge in [-0.3, -0.25) is 4.79 Å². The third-order valence-electron chi connectivity index (χ3n) is 2.91. The molecular formula is C12H20O2. The highest BCUT2D eigenvalue weighted by atomic mass is 16.4. The number of rotatable bonds is 3. The highest BCUT2D eigenvalue weighted by Gasteiger charge is 2.22. The van der Waals surface area contributed by atoms with Gasteiger partial charge in [0, 0.05) is 6.42 Å². The van der Waals surface area contributed by atoms with Gasteiger partial charge in [0.2, 0.25) is 0 Å². The van der Waals surface area contributed by atoms with E-state index in [0.717, 1.165) is 18.8 Å². The Balaban J connectivity index is 0.000000140. The largest absolute Gasteiger partial charge is 0.481 e. The van der Waals surface area contributed by atoms with Crippen LogP contribution in [0, 0.1) is 5.92 Å². The number of carboxylic acids is 1. The van der Waals surface area contributed by atoms with E-state index in [9.17, 15) is 4.79 Å². The first-order chi connectivity index (χ1) is 6.72. The van der Waals surface area contributed by atoms with Crippen molar-refractivity contribution in [2.24, 2.45) is 5.92 Å². The number of carbonyl (C=O) groups is 1. The van der Waals surface area contributed by atoms with Crippen molar-refractivity contribution in [3.63, 3.8) is 0 Å². The van der Waals surface area contributed by atoms with E-state index >= 15 is 0 Å². The molecule has 2 bridgehead atoms. The molecule has 0 aliphatic heterocycles. The lowest BCUT2D eigenvalue weighted by Crippen LogP contribution is -1.91. The summed E-state index contributed by atoms with van der Waals surface area (Å²) in [4.78, 5) is 9.76. The minimum atomic E-state index is -0.693. The predicted octanol–water partition coefficient (Wildman–Crippen LogP) is 3.38. The molecule has 2 heteroatoms. The van der Waals surface area contributed by atoms with Gasteiger partial charge < -0.3 is 5.11 Å². The van der Waals surface area contributed by atoms with Gasteiger partial charge in [-0.15, -0.1) is 0 Å². The molecule has 0 saturated heterocycles. The average Bonchev–Trinajstić information content (AvgIpc) is 2.79. The molecule has 1 unspecified atom stereocenters. The Kier molecular flexibility index (Phi) is 4.71. The van der Waals surface area contributed by atoms with Gasteiger partial charge in [-0.1, -0.05) is 25.0 Å². The molecule has 0 spiro atoms. The summed E-state index contributed by atoms with van der Waals surface area (Å²) in [6.07, 6.45) is 10.3. The second-order valence-electron chi connectivity index (χ2n) is 4.20. The lowest BCUT2D eigenvalue weighted by Gasteiger charge is -1.98. The standard InChI is InChI=1S/C7H10.C5H10O2/c1-2-7-4-3-6(1)5-7;1-2-3-4-5(6)7/h1,7H,2-5H2;2-4H2,1H3,(H,6,7). The van der Waals surface area contributed by atoms with Crippen LogP contribution in [0.3, 0.4) is 0 Å². The smallest absolute Gasteiger partial charge is 0.303 e. The molecule has 0 radical (unpaired) electrons. The van der Waals surface area contributed by atoms with Crippen molar-refractivity contribution < 1.29 is 9.90 Å². The molecular weight excluding hydrogens is 176 g/mol. The lowest BCUT2D eigenvalue weighted by molar-refractivity contribution is -0.137. The van der Waals surface area contributed by atoms with Crippen LogP contribution in [0.25, 0.3) is 0 Å². The maximum atomic E-state index is 9.76. The second-order valence-corrected chi connectivity index (χ2v) is 4.20. The number of hydrogen-bond acceptors (Lipinski definition) is 1. The van der Waals surface area contributed by atoms with Gasteiger partial charge in [0.05, 0.1) is 0 Å². The van der Waals surface area contributed by atoms with Crippen LogP contribution in [-0.4, -0.2) is 11.1 Å². The van der Waals surface area contributed by atoms with Crippen molar-refractivity contribution in [1.29, 1.82) is 0 Å². The summed E-state index contributed by atoms with van der Waals surface area (Å²) in [6.45, 7) is 1.98. The Morgan fingerprint density at radius 2 is 2.43 bits per heavy atom. The Morgan fingerprint density at radius 1 is 1.64 bits per heavy atom. The summed E-state index contributed by atoms with van der Waals surface area (Å²) in [7, 11) is 0. The molecule has 2 aliphatic carbocycles. The normalized spacial score (nSPS) is 22.6. The van der Waals surface area contributed by atoms with E-state index in [1.165, 1.54) is 25.7 Å². The maximum Gasteiger partial charge on any atom is 0.303 e. The molecule has 2 nitrogen and oxygen atoms in total. The predicted molar refractivity (Wildman–Crippen MR) is 57.2 cm³/mol. The van der Waals surface area contributed by atoms with Crippen LogP contribution in [0.4, 0.5) is 0 Å². The van der Waals surface area contributed by atoms with Gasteiger partial charge in [-0.05, 0) is 38.0 Å². The van der Waals surface area contributed by atoms with Crippen molar-refractivity contribution in [2.45, 2.75) is 51.9 Å². The number of carboxylic acid groups (broad SMARTS) is 1. The zero-order valence-electron chi connectivity index (χ0n) is 8.96. The van der Waals surface area contributed by atoms with E-state index in [-0.39, 0.29) is 0 Å². The molecule has 14 heavy (non-hydrogen) atoms. The molecule has 0 aromatic heterocycles. The first-order valence-corrected chi connectivity index (χ1v) is 5.62. The molecule has 1 atom stereocenters. The van der Waals surface area contributed by atoms with Crippen LogP contribution in [0.2, 0.25) is 0 Å². The number of unbranched alkanes of at least 4 members (excludes halogenated alkanes) is 1. The van der Waals surface area contributed by atoms with Gasteiger partial charge in [0.15, 0.2) is 0 Å². The van der Waals surface area contributed by atoms with Crippen molar-refractivity contribution >= 4 is 5.97 Å². The van der Waals surface area contributed by atoms with Gasteiger partial charge in [-0.2, -0.15) is 0 Å². The molecule has 2 rings (SSSR count). The van der Waals surface area contributed by atoms with Crippen LogP contribution < -0.4 is 0 Å². The van der Waals surface area contributed by atoms with E-state index in [1.54, 1.807) is 5.57 Å². The molecule has 0 heterocycles. The van der Waals surface area contributed by atoms with Gasteiger partial charge in [-0.25, -0.2) is 0 Å². The summed E-state index contributed by atoms with van der Waals surface area (Å²) >= 11 is 0. The third kappa shape index (κ3) is 3.95. The molecule has 1 N–H and O–H groups in total. The Hall–Kier alpha value is -0.790. The fraction of sp³-hybridized carbons (Fsp3) is 0.750. The maximum absolute atomic E-state index is 9.76. The molecule has 1 saturated carbocycles. The third-order valence-corrected chi connectivity index (χ3v) is 2.91. The number of aliphatic carboxylic acids is 1. The fourth-order valence-electron chi connectivity index (χ4n) is 2.01. The van der Waals surface area contributed by atoms with Crippen molar-refractivity contribution in [2.75, 3.05) is 0 Å². The average molecular weight is 196 g/mol. The molecule has 0 aromatic carbocycles. The lowest BCUT2D eigenvalue weighted by atomic mass is 10.1. The van der Waals surface area contributed by atoms with E-state index in [4.69, 9.17) is 5.11 Å². The number of fused-ring (bicyclic) bond motifs is 2. The van der Waals surface area contributed by atoms with Gasteiger partial charge in [0.25, 0.3) is 0 Å². The topological polar surface area (TPSA) is 37.3 Å². The van der Waals surface area contributed by atoms with Crippen molar-refractivity contribution in [3.05, 3.63) is 11.6 Å². The molecule has 0 aromatic rings. The fourth-order valence-corrected chi connectivity index (χ4v) is 2.01. The van der Waals surface area contributed by atoms with Crippen molar-refractivity contribution in [1.82, 2.24) is 0 Å². The Bertz CT molecular complexity index is 218. The molecule has 1 fully saturated rings. The van der Waals surface area contributed by atoms with Crippen LogP contribution in [0.1, 0.15) is 51.9 Å². The Labute approximate surface area is 86.0 Å². The van der Waals surface area contributed by atoms with Crippen LogP contribution >= 0.6 is 0 Å². The zero-order chi connectivity index (χ0) is 10.4. The highest BCUT2D eigenvalue weighted by Crippen LogP contribution is 2.38. The molecule has 0 amide bonds.